The van der Waals surface area contributed by atoms with Gasteiger partial charge >= 0.3 is 0 Å². The average molecular weight is 442 g/mol. The number of aryl methyl sites for hydroxylation is 1. The Morgan fingerprint density at radius 3 is 2.27 bits per heavy atom. The Balaban J connectivity index is 1.57. The number of allylic oxidation sites excluding steroid dienone is 1. The van der Waals surface area contributed by atoms with Gasteiger partial charge in [-0.05, 0) is 102 Å². The Kier molecular flexibility index (Phi) is 5.99. The number of benzene rings is 3. The van der Waals surface area contributed by atoms with Gasteiger partial charge in [-0.3, -0.25) is 0 Å². The number of hydrogen-bond acceptors (Lipinski definition) is 3. The Morgan fingerprint density at radius 2 is 1.58 bits per heavy atom. The molecule has 1 saturated heterocycles. The summed E-state index contributed by atoms with van der Waals surface area (Å²) in [5, 5.41) is 10.1. The lowest BCUT2D eigenvalue weighted by Gasteiger charge is -2.31. The zero-order valence-electron chi connectivity index (χ0n) is 18.6. The van der Waals surface area contributed by atoms with Crippen molar-refractivity contribution in [2.75, 3.05) is 18.0 Å². The number of phenols is 1. The predicted molar refractivity (Wildman–Crippen MR) is 131 cm³/mol. The molecule has 3 aromatic carbocycles. The number of phenolic OH excluding ortho intramolecular Hbond substituents is 1. The summed E-state index contributed by atoms with van der Waals surface area (Å²) < 4.78 is 13.6. The molecule has 3 nitrogen and oxygen atoms in total. The zero-order valence-corrected chi connectivity index (χ0v) is 18.6. The molecule has 1 heterocycles. The highest BCUT2D eigenvalue weighted by atomic mass is 19.1. The van der Waals surface area contributed by atoms with Crippen LogP contribution in [0.2, 0.25) is 0 Å². The van der Waals surface area contributed by atoms with Crippen LogP contribution in [0.15, 0.2) is 66.7 Å². The van der Waals surface area contributed by atoms with E-state index in [9.17, 15) is 14.3 Å². The van der Waals surface area contributed by atoms with Crippen LogP contribution >= 0.6 is 0 Å². The maximum Gasteiger partial charge on any atom is 0.123 e. The van der Waals surface area contributed by atoms with Gasteiger partial charge in [0.2, 0.25) is 0 Å². The first-order valence-electron chi connectivity index (χ1n) is 11.7. The summed E-state index contributed by atoms with van der Waals surface area (Å²) in [5.74, 6) is 0.234. The van der Waals surface area contributed by atoms with Gasteiger partial charge in [0, 0.05) is 24.7 Å². The number of aromatic hydroxyl groups is 1. The molecule has 1 aliphatic carbocycles. The van der Waals surface area contributed by atoms with Gasteiger partial charge in [-0.15, -0.1) is 0 Å². The van der Waals surface area contributed by atoms with Crippen molar-refractivity contribution in [2.24, 2.45) is 5.92 Å². The van der Waals surface area contributed by atoms with Crippen LogP contribution in [0, 0.1) is 11.7 Å². The van der Waals surface area contributed by atoms with Gasteiger partial charge in [0.15, 0.2) is 0 Å². The van der Waals surface area contributed by atoms with Crippen molar-refractivity contribution in [3.63, 3.8) is 0 Å². The van der Waals surface area contributed by atoms with Gasteiger partial charge in [-0.1, -0.05) is 30.3 Å². The van der Waals surface area contributed by atoms with Crippen LogP contribution in [0.5, 0.6) is 5.75 Å². The predicted octanol–water partition coefficient (Wildman–Crippen LogP) is 6.24. The first kappa shape index (κ1) is 21.4. The molecule has 168 valence electrons. The van der Waals surface area contributed by atoms with Gasteiger partial charge in [0.05, 0.1) is 0 Å². The highest BCUT2D eigenvalue weighted by Crippen LogP contribution is 2.41. The third-order valence-corrected chi connectivity index (χ3v) is 6.98. The van der Waals surface area contributed by atoms with Crippen molar-refractivity contribution < 1.29 is 14.3 Å². The van der Waals surface area contributed by atoms with E-state index in [0.717, 1.165) is 79.3 Å². The minimum atomic E-state index is -0.234. The molecule has 0 aromatic heterocycles. The van der Waals surface area contributed by atoms with Crippen molar-refractivity contribution in [3.8, 4) is 5.75 Å². The first-order chi connectivity index (χ1) is 16.1. The number of carbonyl (C=O) groups is 1. The van der Waals surface area contributed by atoms with E-state index in [4.69, 9.17) is 0 Å². The number of piperidine rings is 1. The van der Waals surface area contributed by atoms with Crippen molar-refractivity contribution in [1.82, 2.24) is 0 Å². The van der Waals surface area contributed by atoms with E-state index in [1.807, 2.05) is 24.3 Å². The minimum absolute atomic E-state index is 0.183. The molecule has 4 heteroatoms. The summed E-state index contributed by atoms with van der Waals surface area (Å²) in [6.07, 6.45) is 5.64. The summed E-state index contributed by atoms with van der Waals surface area (Å²) in [6.45, 7) is 1.79. The third kappa shape index (κ3) is 4.43. The monoisotopic (exact) mass is 441 g/mol. The van der Waals surface area contributed by atoms with Gasteiger partial charge in [-0.2, -0.15) is 0 Å². The van der Waals surface area contributed by atoms with Gasteiger partial charge < -0.3 is 14.8 Å². The lowest BCUT2D eigenvalue weighted by molar-refractivity contribution is -0.111. The first-order valence-corrected chi connectivity index (χ1v) is 11.7. The SMILES string of the molecule is O=CC1CCN(c2ccc(C3=C(c4ccc(F)cc4)CCCc4cc(O)ccc43)cc2)CC1. The van der Waals surface area contributed by atoms with E-state index in [-0.39, 0.29) is 17.5 Å². The summed E-state index contributed by atoms with van der Waals surface area (Å²) in [5.41, 5.74) is 7.96. The Bertz CT molecular complexity index is 1170. The maximum atomic E-state index is 13.6. The van der Waals surface area contributed by atoms with E-state index in [1.54, 1.807) is 6.07 Å². The van der Waals surface area contributed by atoms with Crippen molar-refractivity contribution in [3.05, 3.63) is 94.8 Å². The van der Waals surface area contributed by atoms with E-state index in [2.05, 4.69) is 29.2 Å². The third-order valence-electron chi connectivity index (χ3n) is 6.98. The van der Waals surface area contributed by atoms with Crippen molar-refractivity contribution in [1.29, 1.82) is 0 Å². The van der Waals surface area contributed by atoms with Crippen LogP contribution in [0.4, 0.5) is 10.1 Å². The second kappa shape index (κ2) is 9.22. The van der Waals surface area contributed by atoms with Crippen LogP contribution in [0.1, 0.15) is 47.9 Å². The molecule has 2 aliphatic rings. The number of anilines is 1. The Hall–Kier alpha value is -3.40. The number of rotatable bonds is 4. The van der Waals surface area contributed by atoms with Gasteiger partial charge in [0.1, 0.15) is 17.9 Å². The van der Waals surface area contributed by atoms with E-state index >= 15 is 0 Å². The lowest BCUT2D eigenvalue weighted by Crippen LogP contribution is -2.34. The number of fused-ring (bicyclic) bond motifs is 1. The topological polar surface area (TPSA) is 40.5 Å². The highest BCUT2D eigenvalue weighted by Gasteiger charge is 2.22. The number of aldehydes is 1. The fourth-order valence-electron chi connectivity index (χ4n) is 5.18. The second-order valence-corrected chi connectivity index (χ2v) is 9.06. The van der Waals surface area contributed by atoms with Gasteiger partial charge in [0.25, 0.3) is 0 Å². The molecule has 1 fully saturated rings. The summed E-state index contributed by atoms with van der Waals surface area (Å²) in [7, 11) is 0. The summed E-state index contributed by atoms with van der Waals surface area (Å²) in [4.78, 5) is 13.4. The smallest absolute Gasteiger partial charge is 0.123 e. The molecule has 5 rings (SSSR count). The Morgan fingerprint density at radius 1 is 0.879 bits per heavy atom. The van der Waals surface area contributed by atoms with Crippen LogP contribution in [-0.2, 0) is 11.2 Å². The molecule has 33 heavy (non-hydrogen) atoms. The van der Waals surface area contributed by atoms with E-state index in [1.165, 1.54) is 23.4 Å². The van der Waals surface area contributed by atoms with Crippen molar-refractivity contribution in [2.45, 2.75) is 32.1 Å². The number of carbonyl (C=O) groups excluding carboxylic acids is 1. The molecular weight excluding hydrogens is 413 g/mol. The van der Waals surface area contributed by atoms with E-state index in [0.29, 0.717) is 0 Å². The van der Waals surface area contributed by atoms with E-state index < -0.39 is 0 Å². The maximum absolute atomic E-state index is 13.6. The molecule has 3 aromatic rings. The van der Waals surface area contributed by atoms with Crippen molar-refractivity contribution >= 4 is 23.1 Å². The standard InChI is InChI=1S/C29H28FNO2/c30-24-8-4-21(5-9-24)27-3-1-2-23-18-26(33)12-13-28(23)29(27)22-6-10-25(11-7-22)31-16-14-20(19-32)15-17-31/h4-13,18-20,33H,1-3,14-17H2. The van der Waals surface area contributed by atoms with Crippen LogP contribution in [-0.4, -0.2) is 24.5 Å². The molecule has 0 bridgehead atoms. The normalized spacial score (nSPS) is 16.9. The molecule has 0 spiro atoms. The average Bonchev–Trinajstić information content (AvgIpc) is 3.04. The summed E-state index contributed by atoms with van der Waals surface area (Å²) >= 11 is 0. The molecule has 0 radical (unpaired) electrons. The molecule has 0 amide bonds. The van der Waals surface area contributed by atoms with Crippen LogP contribution < -0.4 is 4.90 Å². The lowest BCUT2D eigenvalue weighted by atomic mass is 9.87. The van der Waals surface area contributed by atoms with Crippen LogP contribution in [0.3, 0.4) is 0 Å². The fourth-order valence-corrected chi connectivity index (χ4v) is 5.18. The molecule has 1 aliphatic heterocycles. The van der Waals surface area contributed by atoms with Gasteiger partial charge in [-0.25, -0.2) is 4.39 Å². The second-order valence-electron chi connectivity index (χ2n) is 9.06. The van der Waals surface area contributed by atoms with Crippen LogP contribution in [0.25, 0.3) is 11.1 Å². The fraction of sp³-hybridized carbons (Fsp3) is 0.276. The highest BCUT2D eigenvalue weighted by molar-refractivity contribution is 6.00. The summed E-state index contributed by atoms with van der Waals surface area (Å²) in [6, 6.07) is 21.1. The number of halogens is 1. The minimum Gasteiger partial charge on any atom is -0.508 e. The number of hydrogen-bond donors (Lipinski definition) is 1. The molecule has 0 saturated carbocycles. The molecule has 0 atom stereocenters. The molecule has 1 N–H and O–H groups in total. The number of nitrogens with zero attached hydrogens (tertiary/aromatic N) is 1. The largest absolute Gasteiger partial charge is 0.508 e. The molecular formula is C29H28FNO2. The Labute approximate surface area is 194 Å². The zero-order chi connectivity index (χ0) is 22.8. The molecule has 0 unspecified atom stereocenters. The quantitative estimate of drug-likeness (QED) is 0.487.